The second-order valence-electron chi connectivity index (χ2n) is 7.37. The molecule has 2 aliphatic rings. The number of methoxy groups -OCH3 is 1. The Morgan fingerprint density at radius 3 is 2.30 bits per heavy atom. The summed E-state index contributed by atoms with van der Waals surface area (Å²) in [4.78, 5) is 32.6. The SMILES string of the molecule is COc1ccc2c(N3C(=O)C4CCCCC4C3=O)c3ccccc3nc2c1. The molecular weight excluding hydrogens is 340 g/mol. The second-order valence-corrected chi connectivity index (χ2v) is 7.37. The zero-order chi connectivity index (χ0) is 18.5. The molecule has 5 heteroatoms. The van der Waals surface area contributed by atoms with Gasteiger partial charge in [-0.2, -0.15) is 0 Å². The van der Waals surface area contributed by atoms with Crippen LogP contribution in [0.25, 0.3) is 21.8 Å². The van der Waals surface area contributed by atoms with E-state index in [1.807, 2.05) is 42.5 Å². The van der Waals surface area contributed by atoms with E-state index in [0.717, 1.165) is 47.5 Å². The normalized spacial score (nSPS) is 22.5. The van der Waals surface area contributed by atoms with E-state index in [2.05, 4.69) is 0 Å². The van der Waals surface area contributed by atoms with E-state index in [9.17, 15) is 9.59 Å². The summed E-state index contributed by atoms with van der Waals surface area (Å²) in [7, 11) is 1.61. The third-order valence-electron chi connectivity index (χ3n) is 5.92. The summed E-state index contributed by atoms with van der Waals surface area (Å²) in [5.74, 6) is 0.235. The molecule has 1 aliphatic carbocycles. The van der Waals surface area contributed by atoms with E-state index >= 15 is 0 Å². The first-order chi connectivity index (χ1) is 13.2. The van der Waals surface area contributed by atoms with Crippen molar-refractivity contribution in [1.29, 1.82) is 0 Å². The molecule has 0 spiro atoms. The highest BCUT2D eigenvalue weighted by molar-refractivity contribution is 6.28. The molecule has 2 aromatic carbocycles. The molecule has 1 saturated carbocycles. The van der Waals surface area contributed by atoms with E-state index in [0.29, 0.717) is 11.4 Å². The number of hydrogen-bond acceptors (Lipinski definition) is 4. The monoisotopic (exact) mass is 360 g/mol. The van der Waals surface area contributed by atoms with E-state index in [1.165, 1.54) is 4.90 Å². The zero-order valence-corrected chi connectivity index (χ0v) is 15.1. The van der Waals surface area contributed by atoms with Gasteiger partial charge in [0.05, 0.1) is 35.7 Å². The van der Waals surface area contributed by atoms with Gasteiger partial charge in [-0.25, -0.2) is 9.88 Å². The van der Waals surface area contributed by atoms with Gasteiger partial charge in [-0.15, -0.1) is 0 Å². The van der Waals surface area contributed by atoms with Gasteiger partial charge in [0.1, 0.15) is 5.75 Å². The number of hydrogen-bond donors (Lipinski definition) is 0. The number of nitrogens with zero attached hydrogens (tertiary/aromatic N) is 2. The minimum absolute atomic E-state index is 0.0572. The second kappa shape index (κ2) is 6.05. The number of pyridine rings is 1. The molecule has 1 saturated heterocycles. The summed E-state index contributed by atoms with van der Waals surface area (Å²) in [6.45, 7) is 0. The number of anilines is 1. The number of para-hydroxylation sites is 1. The van der Waals surface area contributed by atoms with E-state index in [4.69, 9.17) is 9.72 Å². The maximum atomic E-state index is 13.2. The van der Waals surface area contributed by atoms with Crippen molar-refractivity contribution in [2.75, 3.05) is 12.0 Å². The highest BCUT2D eigenvalue weighted by Gasteiger charge is 2.49. The Kier molecular flexibility index (Phi) is 3.64. The first kappa shape index (κ1) is 16.2. The highest BCUT2D eigenvalue weighted by atomic mass is 16.5. The fourth-order valence-electron chi connectivity index (χ4n) is 4.60. The Hall–Kier alpha value is -2.95. The van der Waals surface area contributed by atoms with Crippen LogP contribution in [-0.2, 0) is 9.59 Å². The van der Waals surface area contributed by atoms with Crippen molar-refractivity contribution in [2.45, 2.75) is 25.7 Å². The minimum Gasteiger partial charge on any atom is -0.497 e. The molecule has 2 unspecified atom stereocenters. The molecule has 27 heavy (non-hydrogen) atoms. The van der Waals surface area contributed by atoms with Crippen LogP contribution in [0, 0.1) is 11.8 Å². The van der Waals surface area contributed by atoms with Crippen LogP contribution >= 0.6 is 0 Å². The van der Waals surface area contributed by atoms with Gasteiger partial charge < -0.3 is 4.74 Å². The topological polar surface area (TPSA) is 59.5 Å². The average molecular weight is 360 g/mol. The Morgan fingerprint density at radius 1 is 0.926 bits per heavy atom. The lowest BCUT2D eigenvalue weighted by Crippen LogP contribution is -2.31. The Balaban J connectivity index is 1.80. The molecule has 1 aliphatic heterocycles. The molecule has 0 bridgehead atoms. The molecule has 5 rings (SSSR count). The molecular formula is C22H20N2O3. The van der Waals surface area contributed by atoms with Crippen LogP contribution in [0.3, 0.4) is 0 Å². The number of imide groups is 1. The van der Waals surface area contributed by atoms with Crippen molar-refractivity contribution in [2.24, 2.45) is 11.8 Å². The molecule has 2 fully saturated rings. The molecule has 136 valence electrons. The molecule has 0 N–H and O–H groups in total. The lowest BCUT2D eigenvalue weighted by atomic mass is 9.81. The molecule has 2 heterocycles. The number of rotatable bonds is 2. The van der Waals surface area contributed by atoms with Crippen LogP contribution in [-0.4, -0.2) is 23.9 Å². The number of fused-ring (bicyclic) bond motifs is 3. The molecule has 0 radical (unpaired) electrons. The summed E-state index contributed by atoms with van der Waals surface area (Å²) in [6, 6.07) is 13.3. The van der Waals surface area contributed by atoms with Gasteiger partial charge in [0, 0.05) is 16.8 Å². The van der Waals surface area contributed by atoms with Crippen LogP contribution < -0.4 is 9.64 Å². The number of amides is 2. The largest absolute Gasteiger partial charge is 0.497 e. The summed E-state index contributed by atoms with van der Waals surface area (Å²) >= 11 is 0. The van der Waals surface area contributed by atoms with Crippen molar-refractivity contribution < 1.29 is 14.3 Å². The molecule has 5 nitrogen and oxygen atoms in total. The van der Waals surface area contributed by atoms with Crippen LogP contribution in [0.1, 0.15) is 25.7 Å². The number of benzene rings is 2. The third-order valence-corrected chi connectivity index (χ3v) is 5.92. The van der Waals surface area contributed by atoms with Gasteiger partial charge in [0.15, 0.2) is 0 Å². The summed E-state index contributed by atoms with van der Waals surface area (Å²) in [5.41, 5.74) is 2.16. The van der Waals surface area contributed by atoms with E-state index in [-0.39, 0.29) is 23.7 Å². The lowest BCUT2D eigenvalue weighted by molar-refractivity contribution is -0.122. The molecule has 2 amide bonds. The summed E-state index contributed by atoms with van der Waals surface area (Å²) in [5, 5.41) is 1.63. The predicted octanol–water partition coefficient (Wildman–Crippen LogP) is 4.08. The standard InChI is InChI=1S/C22H20N2O3/c1-27-13-10-11-17-19(12-13)23-18-9-5-4-8-16(18)20(17)24-21(25)14-6-2-3-7-15(14)22(24)26/h4-5,8-12,14-15H,2-3,6-7H2,1H3. The van der Waals surface area contributed by atoms with Gasteiger partial charge in [-0.3, -0.25) is 9.59 Å². The Bertz CT molecular complexity index is 1070. The molecule has 1 aromatic heterocycles. The van der Waals surface area contributed by atoms with Crippen molar-refractivity contribution >= 4 is 39.3 Å². The maximum Gasteiger partial charge on any atom is 0.237 e. The fourth-order valence-corrected chi connectivity index (χ4v) is 4.60. The van der Waals surface area contributed by atoms with Crippen LogP contribution in [0.15, 0.2) is 42.5 Å². The Labute approximate surface area is 156 Å². The Morgan fingerprint density at radius 2 is 1.59 bits per heavy atom. The fraction of sp³-hybridized carbons (Fsp3) is 0.318. The molecule has 3 aromatic rings. The van der Waals surface area contributed by atoms with Crippen LogP contribution in [0.5, 0.6) is 5.75 Å². The third kappa shape index (κ3) is 2.34. The van der Waals surface area contributed by atoms with Gasteiger partial charge in [-0.1, -0.05) is 31.0 Å². The van der Waals surface area contributed by atoms with Crippen molar-refractivity contribution in [3.63, 3.8) is 0 Å². The first-order valence-electron chi connectivity index (χ1n) is 9.43. The van der Waals surface area contributed by atoms with E-state index in [1.54, 1.807) is 7.11 Å². The first-order valence-corrected chi connectivity index (χ1v) is 9.43. The smallest absolute Gasteiger partial charge is 0.237 e. The van der Waals surface area contributed by atoms with E-state index < -0.39 is 0 Å². The van der Waals surface area contributed by atoms with Gasteiger partial charge in [-0.05, 0) is 31.0 Å². The number of carbonyl (C=O) groups excluding carboxylic acids is 2. The summed E-state index contributed by atoms with van der Waals surface area (Å²) < 4.78 is 5.33. The zero-order valence-electron chi connectivity index (χ0n) is 15.1. The maximum absolute atomic E-state index is 13.2. The predicted molar refractivity (Wildman–Crippen MR) is 104 cm³/mol. The van der Waals surface area contributed by atoms with Gasteiger partial charge >= 0.3 is 0 Å². The average Bonchev–Trinajstić information content (AvgIpc) is 2.96. The number of carbonyl (C=O) groups is 2. The highest BCUT2D eigenvalue weighted by Crippen LogP contribution is 2.44. The number of aromatic nitrogens is 1. The quantitative estimate of drug-likeness (QED) is 0.510. The van der Waals surface area contributed by atoms with Crippen LogP contribution in [0.4, 0.5) is 5.69 Å². The van der Waals surface area contributed by atoms with Crippen molar-refractivity contribution in [1.82, 2.24) is 4.98 Å². The number of ether oxygens (including phenoxy) is 1. The van der Waals surface area contributed by atoms with Crippen molar-refractivity contribution in [3.8, 4) is 5.75 Å². The van der Waals surface area contributed by atoms with Gasteiger partial charge in [0.25, 0.3) is 0 Å². The molecule has 2 atom stereocenters. The summed E-state index contributed by atoms with van der Waals surface area (Å²) in [6.07, 6.45) is 3.65. The van der Waals surface area contributed by atoms with Gasteiger partial charge in [0.2, 0.25) is 11.8 Å². The lowest BCUT2D eigenvalue weighted by Gasteiger charge is -2.20. The van der Waals surface area contributed by atoms with Crippen LogP contribution in [0.2, 0.25) is 0 Å². The van der Waals surface area contributed by atoms with Crippen molar-refractivity contribution in [3.05, 3.63) is 42.5 Å². The minimum atomic E-state index is -0.175.